The van der Waals surface area contributed by atoms with Gasteiger partial charge >= 0.3 is 0 Å². The lowest BCUT2D eigenvalue weighted by atomic mass is 9.98. The van der Waals surface area contributed by atoms with Crippen LogP contribution in [0.3, 0.4) is 0 Å². The van der Waals surface area contributed by atoms with Crippen LogP contribution in [0.5, 0.6) is 5.75 Å². The maximum atomic E-state index is 6.37. The number of hydrogen-bond acceptors (Lipinski definition) is 3. The number of nitrogens with two attached hydrogens (primary N) is 1. The molecule has 19 heavy (non-hydrogen) atoms. The zero-order chi connectivity index (χ0) is 14.2. The molecule has 1 aromatic heterocycles. The number of anilines is 1. The van der Waals surface area contributed by atoms with E-state index in [1.165, 1.54) is 0 Å². The molecule has 102 valence electrons. The highest BCUT2D eigenvalue weighted by atomic mass is 35.5. The van der Waals surface area contributed by atoms with Gasteiger partial charge in [0.05, 0.1) is 13.3 Å². The highest BCUT2D eigenvalue weighted by Gasteiger charge is 2.16. The van der Waals surface area contributed by atoms with E-state index in [9.17, 15) is 0 Å². The van der Waals surface area contributed by atoms with Crippen LogP contribution in [0.15, 0.2) is 18.3 Å². The smallest absolute Gasteiger partial charge is 0.129 e. The number of hydrogen-bond donors (Lipinski definition) is 1. The molecule has 2 aromatic rings. The standard InChI is InChI=1S/C14H18ClN3O/c1-8(2)13-11(15)5-9(6-12(13)19-4)10-7-17-18(3)14(10)16/h5-8H,16H2,1-4H3. The van der Waals surface area contributed by atoms with Crippen molar-refractivity contribution in [1.29, 1.82) is 0 Å². The van der Waals surface area contributed by atoms with Crippen molar-refractivity contribution in [2.75, 3.05) is 12.8 Å². The summed E-state index contributed by atoms with van der Waals surface area (Å²) in [6, 6.07) is 3.86. The number of nitrogen functional groups attached to an aromatic ring is 1. The summed E-state index contributed by atoms with van der Waals surface area (Å²) < 4.78 is 7.07. The van der Waals surface area contributed by atoms with Gasteiger partial charge in [-0.3, -0.25) is 4.68 Å². The summed E-state index contributed by atoms with van der Waals surface area (Å²) in [4.78, 5) is 0. The number of ether oxygens (including phenoxy) is 1. The predicted molar refractivity (Wildman–Crippen MR) is 78.7 cm³/mol. The van der Waals surface area contributed by atoms with Crippen LogP contribution in [0.25, 0.3) is 11.1 Å². The Balaban J connectivity index is 2.61. The van der Waals surface area contributed by atoms with Crippen molar-refractivity contribution in [3.63, 3.8) is 0 Å². The lowest BCUT2D eigenvalue weighted by Gasteiger charge is -2.15. The van der Waals surface area contributed by atoms with E-state index in [-0.39, 0.29) is 0 Å². The third-order valence-corrected chi connectivity index (χ3v) is 3.50. The van der Waals surface area contributed by atoms with Gasteiger partial charge in [-0.15, -0.1) is 0 Å². The van der Waals surface area contributed by atoms with Crippen LogP contribution in [0.2, 0.25) is 5.02 Å². The Hall–Kier alpha value is -1.68. The Labute approximate surface area is 118 Å². The van der Waals surface area contributed by atoms with Crippen molar-refractivity contribution in [3.8, 4) is 16.9 Å². The molecular weight excluding hydrogens is 262 g/mol. The molecule has 2 rings (SSSR count). The van der Waals surface area contributed by atoms with Gasteiger partial charge in [-0.25, -0.2) is 0 Å². The minimum Gasteiger partial charge on any atom is -0.496 e. The molecule has 0 aliphatic rings. The number of benzene rings is 1. The summed E-state index contributed by atoms with van der Waals surface area (Å²) in [6.45, 7) is 4.17. The molecule has 0 spiro atoms. The highest BCUT2D eigenvalue weighted by molar-refractivity contribution is 6.32. The second-order valence-electron chi connectivity index (χ2n) is 4.80. The molecular formula is C14H18ClN3O. The number of nitrogens with zero attached hydrogens (tertiary/aromatic N) is 2. The number of methoxy groups -OCH3 is 1. The number of aryl methyl sites for hydroxylation is 1. The van der Waals surface area contributed by atoms with Crippen molar-refractivity contribution in [1.82, 2.24) is 9.78 Å². The maximum Gasteiger partial charge on any atom is 0.129 e. The lowest BCUT2D eigenvalue weighted by molar-refractivity contribution is 0.408. The summed E-state index contributed by atoms with van der Waals surface area (Å²) in [5, 5.41) is 4.83. The van der Waals surface area contributed by atoms with E-state index >= 15 is 0 Å². The maximum absolute atomic E-state index is 6.37. The average molecular weight is 280 g/mol. The second-order valence-corrected chi connectivity index (χ2v) is 5.20. The molecule has 1 aromatic carbocycles. The summed E-state index contributed by atoms with van der Waals surface area (Å²) in [7, 11) is 3.45. The van der Waals surface area contributed by atoms with Crippen molar-refractivity contribution in [2.24, 2.45) is 7.05 Å². The van der Waals surface area contributed by atoms with Gasteiger partial charge in [0.15, 0.2) is 0 Å². The van der Waals surface area contributed by atoms with E-state index in [4.69, 9.17) is 22.1 Å². The van der Waals surface area contributed by atoms with Crippen LogP contribution in [-0.2, 0) is 7.05 Å². The van der Waals surface area contributed by atoms with E-state index in [0.29, 0.717) is 16.8 Å². The van der Waals surface area contributed by atoms with Gasteiger partial charge in [0.2, 0.25) is 0 Å². The Kier molecular flexibility index (Phi) is 3.71. The largest absolute Gasteiger partial charge is 0.496 e. The molecule has 0 bridgehead atoms. The minimum absolute atomic E-state index is 0.294. The molecule has 4 nitrogen and oxygen atoms in total. The summed E-state index contributed by atoms with van der Waals surface area (Å²) in [5.41, 5.74) is 8.77. The average Bonchev–Trinajstić information content (AvgIpc) is 2.68. The molecule has 0 saturated heterocycles. The monoisotopic (exact) mass is 279 g/mol. The Morgan fingerprint density at radius 1 is 1.37 bits per heavy atom. The fourth-order valence-electron chi connectivity index (χ4n) is 2.15. The molecule has 0 amide bonds. The molecule has 0 aliphatic carbocycles. The summed E-state index contributed by atoms with van der Waals surface area (Å²) >= 11 is 6.37. The molecule has 0 unspecified atom stereocenters. The van der Waals surface area contributed by atoms with Crippen LogP contribution < -0.4 is 10.5 Å². The lowest BCUT2D eigenvalue weighted by Crippen LogP contribution is -1.99. The topological polar surface area (TPSA) is 53.1 Å². The van der Waals surface area contributed by atoms with Gasteiger partial charge in [0.25, 0.3) is 0 Å². The van der Waals surface area contributed by atoms with Gasteiger partial charge < -0.3 is 10.5 Å². The molecule has 0 fully saturated rings. The summed E-state index contributed by atoms with van der Waals surface area (Å²) in [5.74, 6) is 1.68. The van der Waals surface area contributed by atoms with Crippen molar-refractivity contribution in [2.45, 2.75) is 19.8 Å². The summed E-state index contributed by atoms with van der Waals surface area (Å²) in [6.07, 6.45) is 1.73. The second kappa shape index (κ2) is 5.13. The Morgan fingerprint density at radius 2 is 2.05 bits per heavy atom. The molecule has 1 heterocycles. The Morgan fingerprint density at radius 3 is 2.53 bits per heavy atom. The van der Waals surface area contributed by atoms with Gasteiger partial charge in [0.1, 0.15) is 11.6 Å². The van der Waals surface area contributed by atoms with Crippen molar-refractivity contribution in [3.05, 3.63) is 28.9 Å². The number of rotatable bonds is 3. The number of halogens is 1. The first-order valence-corrected chi connectivity index (χ1v) is 6.48. The van der Waals surface area contributed by atoms with Gasteiger partial charge in [-0.1, -0.05) is 25.4 Å². The number of aromatic nitrogens is 2. The first kappa shape index (κ1) is 13.7. The predicted octanol–water partition coefficient (Wildman–Crippen LogP) is 3.45. The third kappa shape index (κ3) is 2.40. The van der Waals surface area contributed by atoms with Crippen molar-refractivity contribution < 1.29 is 4.74 Å². The third-order valence-electron chi connectivity index (χ3n) is 3.18. The van der Waals surface area contributed by atoms with Crippen LogP contribution in [0, 0.1) is 0 Å². The zero-order valence-electron chi connectivity index (χ0n) is 11.6. The van der Waals surface area contributed by atoms with E-state index < -0.39 is 0 Å². The minimum atomic E-state index is 0.294. The van der Waals surface area contributed by atoms with Crippen LogP contribution in [-0.4, -0.2) is 16.9 Å². The first-order valence-electron chi connectivity index (χ1n) is 6.11. The molecule has 0 saturated carbocycles. The highest BCUT2D eigenvalue weighted by Crippen LogP contribution is 2.38. The van der Waals surface area contributed by atoms with Crippen LogP contribution >= 0.6 is 11.6 Å². The fraction of sp³-hybridized carbons (Fsp3) is 0.357. The molecule has 2 N–H and O–H groups in total. The van der Waals surface area contributed by atoms with Gasteiger partial charge in [-0.05, 0) is 23.6 Å². The van der Waals surface area contributed by atoms with E-state index in [1.807, 2.05) is 12.1 Å². The van der Waals surface area contributed by atoms with Crippen molar-refractivity contribution >= 4 is 17.4 Å². The first-order chi connectivity index (χ1) is 8.95. The van der Waals surface area contributed by atoms with Gasteiger partial charge in [-0.2, -0.15) is 5.10 Å². The normalized spacial score (nSPS) is 11.1. The van der Waals surface area contributed by atoms with E-state index in [1.54, 1.807) is 25.0 Å². The fourth-order valence-corrected chi connectivity index (χ4v) is 2.58. The zero-order valence-corrected chi connectivity index (χ0v) is 12.3. The van der Waals surface area contributed by atoms with E-state index in [2.05, 4.69) is 18.9 Å². The molecule has 0 atom stereocenters. The van der Waals surface area contributed by atoms with Crippen LogP contribution in [0.1, 0.15) is 25.3 Å². The molecule has 0 radical (unpaired) electrons. The van der Waals surface area contributed by atoms with Gasteiger partial charge in [0, 0.05) is 23.2 Å². The van der Waals surface area contributed by atoms with E-state index in [0.717, 1.165) is 22.4 Å². The molecule has 0 aliphatic heterocycles. The quantitative estimate of drug-likeness (QED) is 0.936. The Bertz CT molecular complexity index is 605. The molecule has 5 heteroatoms. The van der Waals surface area contributed by atoms with Crippen LogP contribution in [0.4, 0.5) is 5.82 Å². The SMILES string of the molecule is COc1cc(-c2cnn(C)c2N)cc(Cl)c1C(C)C.